The van der Waals surface area contributed by atoms with Crippen molar-refractivity contribution >= 4 is 29.1 Å². The molecule has 2 amide bonds. The summed E-state index contributed by atoms with van der Waals surface area (Å²) in [6.07, 6.45) is 0.254. The summed E-state index contributed by atoms with van der Waals surface area (Å²) in [7, 11) is 3.75. The number of carbonyl (C=O) groups excluding carboxylic acids is 2. The van der Waals surface area contributed by atoms with Crippen molar-refractivity contribution in [2.24, 2.45) is 5.92 Å². The second kappa shape index (κ2) is 10.1. The van der Waals surface area contributed by atoms with Crippen molar-refractivity contribution in [3.63, 3.8) is 0 Å². The van der Waals surface area contributed by atoms with Crippen LogP contribution in [0.25, 0.3) is 0 Å². The number of piperazine rings is 2. The highest BCUT2D eigenvalue weighted by Crippen LogP contribution is 2.28. The Morgan fingerprint density at radius 3 is 1.97 bits per heavy atom. The van der Waals surface area contributed by atoms with Gasteiger partial charge in [-0.15, -0.1) is 10.2 Å². The molecule has 3 aliphatic heterocycles. The third-order valence-corrected chi connectivity index (χ3v) is 7.24. The second-order valence-electron chi connectivity index (χ2n) is 9.46. The first-order chi connectivity index (χ1) is 17.0. The van der Waals surface area contributed by atoms with E-state index in [4.69, 9.17) is 4.74 Å². The van der Waals surface area contributed by atoms with E-state index in [0.717, 1.165) is 49.3 Å². The minimum absolute atomic E-state index is 0.0112. The molecule has 3 aliphatic rings. The molecule has 3 saturated heterocycles. The number of hydrogen-bond acceptors (Lipinski definition) is 8. The summed E-state index contributed by atoms with van der Waals surface area (Å²) in [6, 6.07) is 11.5. The molecule has 10 nitrogen and oxygen atoms in total. The summed E-state index contributed by atoms with van der Waals surface area (Å²) < 4.78 is 5.19. The van der Waals surface area contributed by atoms with E-state index in [1.165, 1.54) is 0 Å². The van der Waals surface area contributed by atoms with Gasteiger partial charge in [0.15, 0.2) is 11.6 Å². The molecule has 10 heteroatoms. The molecule has 0 saturated carbocycles. The minimum atomic E-state index is -0.307. The van der Waals surface area contributed by atoms with Gasteiger partial charge in [-0.1, -0.05) is 0 Å². The van der Waals surface area contributed by atoms with Gasteiger partial charge in [0.05, 0.1) is 13.0 Å². The van der Waals surface area contributed by atoms with Crippen molar-refractivity contribution < 1.29 is 14.3 Å². The van der Waals surface area contributed by atoms with Crippen LogP contribution in [0.5, 0.6) is 5.75 Å². The summed E-state index contributed by atoms with van der Waals surface area (Å²) in [5, 5.41) is 8.93. The molecule has 0 spiro atoms. The van der Waals surface area contributed by atoms with Crippen LogP contribution in [0.15, 0.2) is 36.4 Å². The molecule has 0 N–H and O–H groups in total. The number of ether oxygens (including phenoxy) is 1. The lowest BCUT2D eigenvalue weighted by molar-refractivity contribution is -0.136. The zero-order valence-corrected chi connectivity index (χ0v) is 20.5. The third-order valence-electron chi connectivity index (χ3n) is 7.24. The molecule has 1 atom stereocenters. The Bertz CT molecular complexity index is 1030. The van der Waals surface area contributed by atoms with Gasteiger partial charge in [0.2, 0.25) is 11.8 Å². The van der Waals surface area contributed by atoms with Crippen molar-refractivity contribution in [2.75, 3.05) is 87.8 Å². The van der Waals surface area contributed by atoms with Crippen LogP contribution in [0.2, 0.25) is 0 Å². The number of hydrogen-bond donors (Lipinski definition) is 0. The summed E-state index contributed by atoms with van der Waals surface area (Å²) in [5.41, 5.74) is 0.800. The van der Waals surface area contributed by atoms with Gasteiger partial charge >= 0.3 is 0 Å². The first kappa shape index (κ1) is 23.3. The number of carbonyl (C=O) groups is 2. The van der Waals surface area contributed by atoms with Gasteiger partial charge in [0.25, 0.3) is 0 Å². The van der Waals surface area contributed by atoms with Crippen LogP contribution < -0.4 is 19.4 Å². The largest absolute Gasteiger partial charge is 0.497 e. The van der Waals surface area contributed by atoms with E-state index in [-0.39, 0.29) is 24.2 Å². The molecule has 0 radical (unpaired) electrons. The smallest absolute Gasteiger partial charge is 0.228 e. The van der Waals surface area contributed by atoms with Crippen LogP contribution >= 0.6 is 0 Å². The number of methoxy groups -OCH3 is 1. The third kappa shape index (κ3) is 5.02. The predicted octanol–water partition coefficient (Wildman–Crippen LogP) is 0.939. The second-order valence-corrected chi connectivity index (χ2v) is 9.46. The average molecular weight is 480 g/mol. The molecule has 1 aromatic carbocycles. The molecule has 0 bridgehead atoms. The summed E-state index contributed by atoms with van der Waals surface area (Å²) in [5.74, 6) is 2.25. The zero-order chi connectivity index (χ0) is 24.4. The normalized spacial score (nSPS) is 21.5. The minimum Gasteiger partial charge on any atom is -0.497 e. The maximum absolute atomic E-state index is 13.2. The van der Waals surface area contributed by atoms with Crippen LogP contribution in [-0.4, -0.2) is 105 Å². The van der Waals surface area contributed by atoms with Crippen molar-refractivity contribution in [1.82, 2.24) is 20.0 Å². The fourth-order valence-electron chi connectivity index (χ4n) is 4.99. The lowest BCUT2D eigenvalue weighted by atomic mass is 10.1. The van der Waals surface area contributed by atoms with E-state index in [2.05, 4.69) is 31.9 Å². The topological polar surface area (TPSA) is 85.3 Å². The Morgan fingerprint density at radius 1 is 0.857 bits per heavy atom. The summed E-state index contributed by atoms with van der Waals surface area (Å²) in [6.45, 7) is 7.06. The highest BCUT2D eigenvalue weighted by molar-refractivity contribution is 6.00. The van der Waals surface area contributed by atoms with Gasteiger partial charge in [-0.05, 0) is 43.4 Å². The Hall–Kier alpha value is -3.40. The maximum atomic E-state index is 13.2. The first-order valence-corrected chi connectivity index (χ1v) is 12.3. The Labute approximate surface area is 206 Å². The Kier molecular flexibility index (Phi) is 6.72. The molecule has 0 aliphatic carbocycles. The Morgan fingerprint density at radius 2 is 1.43 bits per heavy atom. The van der Waals surface area contributed by atoms with Crippen molar-refractivity contribution in [3.8, 4) is 5.75 Å². The number of nitrogens with zero attached hydrogens (tertiary/aromatic N) is 7. The standard InChI is InChI=1S/C25H33N7O3/c1-28-9-11-29(12-10-28)22-7-8-23(27-26-22)30-13-15-31(16-14-30)25(34)19-17-24(33)32(18-19)20-3-5-21(35-2)6-4-20/h3-8,19H,9-18H2,1-2H3. The van der Waals surface area contributed by atoms with Crippen molar-refractivity contribution in [3.05, 3.63) is 36.4 Å². The monoisotopic (exact) mass is 479 g/mol. The first-order valence-electron chi connectivity index (χ1n) is 12.3. The molecule has 1 unspecified atom stereocenters. The molecule has 2 aromatic rings. The number of likely N-dealkylation sites (N-methyl/N-ethyl adjacent to an activating group) is 1. The lowest BCUT2D eigenvalue weighted by Gasteiger charge is -2.36. The Balaban J connectivity index is 1.14. The van der Waals surface area contributed by atoms with Gasteiger partial charge in [-0.25, -0.2) is 0 Å². The van der Waals surface area contributed by atoms with E-state index in [0.29, 0.717) is 32.7 Å². The summed E-state index contributed by atoms with van der Waals surface area (Å²) in [4.78, 5) is 36.1. The van der Waals surface area contributed by atoms with Gasteiger partial charge in [-0.3, -0.25) is 9.59 Å². The molecule has 5 rings (SSSR count). The molecule has 3 fully saturated rings. The SMILES string of the molecule is COc1ccc(N2CC(C(=O)N3CCN(c4ccc(N5CCN(C)CC5)nn4)CC3)CC2=O)cc1. The number of benzene rings is 1. The van der Waals surface area contributed by atoms with E-state index < -0.39 is 0 Å². The molecule has 35 heavy (non-hydrogen) atoms. The molecule has 4 heterocycles. The van der Waals surface area contributed by atoms with Gasteiger partial charge in [0.1, 0.15) is 5.75 Å². The van der Waals surface area contributed by atoms with E-state index in [1.54, 1.807) is 12.0 Å². The van der Waals surface area contributed by atoms with E-state index in [1.807, 2.05) is 41.3 Å². The van der Waals surface area contributed by atoms with Crippen LogP contribution in [-0.2, 0) is 9.59 Å². The van der Waals surface area contributed by atoms with E-state index in [9.17, 15) is 9.59 Å². The van der Waals surface area contributed by atoms with Gasteiger partial charge in [-0.2, -0.15) is 0 Å². The molecule has 1 aromatic heterocycles. The van der Waals surface area contributed by atoms with Crippen molar-refractivity contribution in [2.45, 2.75) is 6.42 Å². The predicted molar refractivity (Wildman–Crippen MR) is 134 cm³/mol. The van der Waals surface area contributed by atoms with Crippen molar-refractivity contribution in [1.29, 1.82) is 0 Å². The molecular formula is C25H33N7O3. The quantitative estimate of drug-likeness (QED) is 0.627. The van der Waals surface area contributed by atoms with Crippen LogP contribution in [0.1, 0.15) is 6.42 Å². The maximum Gasteiger partial charge on any atom is 0.228 e. The fraction of sp³-hybridized carbons (Fsp3) is 0.520. The number of anilines is 3. The van der Waals surface area contributed by atoms with Gasteiger partial charge in [0, 0.05) is 71.0 Å². The van der Waals surface area contributed by atoms with Gasteiger partial charge < -0.3 is 29.2 Å². The lowest BCUT2D eigenvalue weighted by Crippen LogP contribution is -2.51. The number of rotatable bonds is 5. The number of amides is 2. The highest BCUT2D eigenvalue weighted by atomic mass is 16.5. The fourth-order valence-corrected chi connectivity index (χ4v) is 4.99. The number of aromatic nitrogens is 2. The molecule has 186 valence electrons. The summed E-state index contributed by atoms with van der Waals surface area (Å²) >= 11 is 0. The zero-order valence-electron chi connectivity index (χ0n) is 20.5. The average Bonchev–Trinajstić information content (AvgIpc) is 3.30. The van der Waals surface area contributed by atoms with E-state index >= 15 is 0 Å². The highest BCUT2D eigenvalue weighted by Gasteiger charge is 2.38. The van der Waals surface area contributed by atoms with Crippen LogP contribution in [0.4, 0.5) is 17.3 Å². The van der Waals surface area contributed by atoms with Crippen LogP contribution in [0, 0.1) is 5.92 Å². The molecular weight excluding hydrogens is 446 g/mol. The van der Waals surface area contributed by atoms with Crippen LogP contribution in [0.3, 0.4) is 0 Å².